The Balaban J connectivity index is 2.34. The molecule has 0 fully saturated rings. The van der Waals surface area contributed by atoms with Crippen LogP contribution in [0, 0.1) is 11.3 Å². The first-order valence-electron chi connectivity index (χ1n) is 7.28. The highest BCUT2D eigenvalue weighted by Crippen LogP contribution is 2.32. The van der Waals surface area contributed by atoms with E-state index in [1.54, 1.807) is 36.4 Å². The Bertz CT molecular complexity index is 1070. The molecule has 1 aromatic heterocycles. The summed E-state index contributed by atoms with van der Waals surface area (Å²) in [4.78, 5) is 26.9. The van der Waals surface area contributed by atoms with Gasteiger partial charge in [0.15, 0.2) is 0 Å². The molecule has 0 aliphatic rings. The number of pyridine rings is 1. The third kappa shape index (κ3) is 3.03. The van der Waals surface area contributed by atoms with E-state index in [2.05, 4.69) is 4.98 Å². The third-order valence-corrected chi connectivity index (χ3v) is 4.06. The van der Waals surface area contributed by atoms with E-state index in [0.717, 1.165) is 0 Å². The molecular weight excluding hydrogens is 340 g/mol. The molecule has 3 aromatic rings. The first-order chi connectivity index (χ1) is 12.0. The van der Waals surface area contributed by atoms with Gasteiger partial charge in [0.1, 0.15) is 0 Å². The molecule has 3 rings (SSSR count). The maximum Gasteiger partial charge on any atom is 0.337 e. The van der Waals surface area contributed by atoms with Crippen molar-refractivity contribution in [1.82, 2.24) is 4.98 Å². The zero-order chi connectivity index (χ0) is 18.0. The van der Waals surface area contributed by atoms with Crippen molar-refractivity contribution in [3.8, 4) is 28.5 Å². The molecule has 5 nitrogen and oxygen atoms in total. The van der Waals surface area contributed by atoms with Crippen LogP contribution in [0.15, 0.2) is 59.4 Å². The van der Waals surface area contributed by atoms with Gasteiger partial charge in [-0.2, -0.15) is 5.26 Å². The second kappa shape index (κ2) is 6.63. The number of carboxylic acid groups (broad SMARTS) is 1. The number of nitrogens with one attached hydrogen (secondary N) is 1. The molecular formula is C19H11ClN2O3. The highest BCUT2D eigenvalue weighted by Gasteiger charge is 2.20. The van der Waals surface area contributed by atoms with Gasteiger partial charge in [-0.25, -0.2) is 4.79 Å². The summed E-state index contributed by atoms with van der Waals surface area (Å²) in [6.45, 7) is 0. The molecule has 2 aromatic carbocycles. The summed E-state index contributed by atoms with van der Waals surface area (Å²) in [5, 5.41) is 19.1. The van der Waals surface area contributed by atoms with Crippen LogP contribution in [0.3, 0.4) is 0 Å². The molecule has 0 amide bonds. The summed E-state index contributed by atoms with van der Waals surface area (Å²) >= 11 is 6.16. The lowest BCUT2D eigenvalue weighted by atomic mass is 9.98. The van der Waals surface area contributed by atoms with Crippen LogP contribution in [0.2, 0.25) is 5.02 Å². The molecule has 0 spiro atoms. The topological polar surface area (TPSA) is 94.0 Å². The van der Waals surface area contributed by atoms with Gasteiger partial charge in [-0.3, -0.25) is 4.79 Å². The van der Waals surface area contributed by atoms with Crippen LogP contribution in [0.5, 0.6) is 0 Å². The molecule has 2 N–H and O–H groups in total. The van der Waals surface area contributed by atoms with Gasteiger partial charge in [0.05, 0.1) is 27.9 Å². The van der Waals surface area contributed by atoms with E-state index in [1.165, 1.54) is 18.2 Å². The summed E-state index contributed by atoms with van der Waals surface area (Å²) in [5.74, 6) is -1.23. The fourth-order valence-corrected chi connectivity index (χ4v) is 2.87. The lowest BCUT2D eigenvalue weighted by molar-refractivity contribution is 0.0697. The molecule has 0 aliphatic carbocycles. The predicted molar refractivity (Wildman–Crippen MR) is 94.6 cm³/mol. The van der Waals surface area contributed by atoms with Crippen LogP contribution in [-0.2, 0) is 0 Å². The predicted octanol–water partition coefficient (Wildman–Crippen LogP) is 3.93. The van der Waals surface area contributed by atoms with E-state index in [0.29, 0.717) is 5.56 Å². The van der Waals surface area contributed by atoms with Crippen molar-refractivity contribution in [2.45, 2.75) is 0 Å². The second-order valence-electron chi connectivity index (χ2n) is 5.25. The molecule has 122 valence electrons. The molecule has 0 saturated carbocycles. The third-order valence-electron chi connectivity index (χ3n) is 3.74. The number of nitrogens with zero attached hydrogens (tertiary/aromatic N) is 1. The number of hydrogen-bond donors (Lipinski definition) is 2. The molecule has 0 radical (unpaired) electrons. The summed E-state index contributed by atoms with van der Waals surface area (Å²) in [6, 6.07) is 16.6. The molecule has 0 saturated heterocycles. The van der Waals surface area contributed by atoms with Crippen molar-refractivity contribution in [3.63, 3.8) is 0 Å². The minimum Gasteiger partial charge on any atom is -0.478 e. The van der Waals surface area contributed by atoms with Crippen LogP contribution in [-0.4, -0.2) is 16.1 Å². The summed E-state index contributed by atoms with van der Waals surface area (Å²) < 4.78 is 0. The van der Waals surface area contributed by atoms with Crippen molar-refractivity contribution < 1.29 is 9.90 Å². The summed E-state index contributed by atoms with van der Waals surface area (Å²) in [5.41, 5.74) is 0.612. The first kappa shape index (κ1) is 16.5. The first-order valence-corrected chi connectivity index (χ1v) is 7.65. The molecule has 25 heavy (non-hydrogen) atoms. The average Bonchev–Trinajstić information content (AvgIpc) is 2.61. The molecule has 6 heteroatoms. The van der Waals surface area contributed by atoms with E-state index >= 15 is 0 Å². The number of rotatable bonds is 3. The molecule has 1 heterocycles. The number of H-pyrrole nitrogens is 1. The molecule has 0 bridgehead atoms. The maximum atomic E-state index is 12.5. The number of benzene rings is 2. The van der Waals surface area contributed by atoms with Gasteiger partial charge in [0.2, 0.25) is 0 Å². The number of aromatic carboxylic acids is 1. The van der Waals surface area contributed by atoms with E-state index < -0.39 is 11.5 Å². The SMILES string of the molecule is N#Cc1cccc(Cl)c1-c1[nH]c(=O)c(-c2ccccc2)cc1C(=O)O. The smallest absolute Gasteiger partial charge is 0.337 e. The Morgan fingerprint density at radius 1 is 1.12 bits per heavy atom. The Labute approximate surface area is 147 Å². The van der Waals surface area contributed by atoms with Gasteiger partial charge in [0, 0.05) is 11.1 Å². The number of halogens is 1. The van der Waals surface area contributed by atoms with Gasteiger partial charge in [-0.05, 0) is 23.8 Å². The van der Waals surface area contributed by atoms with E-state index in [9.17, 15) is 20.0 Å². The van der Waals surface area contributed by atoms with Crippen molar-refractivity contribution in [1.29, 1.82) is 5.26 Å². The van der Waals surface area contributed by atoms with Crippen LogP contribution >= 0.6 is 11.6 Å². The minimum atomic E-state index is -1.23. The number of carboxylic acids is 1. The number of aromatic amines is 1. The molecule has 0 unspecified atom stereocenters. The fraction of sp³-hybridized carbons (Fsp3) is 0. The highest BCUT2D eigenvalue weighted by molar-refractivity contribution is 6.33. The standard InChI is InChI=1S/C19H11ClN2O3/c20-15-8-4-7-12(10-21)16(15)17-14(19(24)25)9-13(18(23)22-17)11-5-2-1-3-6-11/h1-9H,(H,22,23)(H,24,25). The highest BCUT2D eigenvalue weighted by atomic mass is 35.5. The maximum absolute atomic E-state index is 12.5. The van der Waals surface area contributed by atoms with Crippen molar-refractivity contribution >= 4 is 17.6 Å². The number of nitriles is 1. The normalized spacial score (nSPS) is 10.2. The molecule has 0 atom stereocenters. The molecule has 0 aliphatic heterocycles. The Hall–Kier alpha value is -3.36. The van der Waals surface area contributed by atoms with E-state index in [-0.39, 0.29) is 33.0 Å². The Morgan fingerprint density at radius 3 is 2.48 bits per heavy atom. The van der Waals surface area contributed by atoms with Crippen LogP contribution in [0.1, 0.15) is 15.9 Å². The number of carbonyl (C=O) groups is 1. The van der Waals surface area contributed by atoms with Crippen LogP contribution < -0.4 is 5.56 Å². The Kier molecular flexibility index (Phi) is 4.38. The van der Waals surface area contributed by atoms with Crippen molar-refractivity contribution in [2.24, 2.45) is 0 Å². The lowest BCUT2D eigenvalue weighted by Crippen LogP contribution is -2.15. The minimum absolute atomic E-state index is 0.0133. The fourth-order valence-electron chi connectivity index (χ4n) is 2.60. The second-order valence-corrected chi connectivity index (χ2v) is 5.65. The van der Waals surface area contributed by atoms with Gasteiger partial charge >= 0.3 is 5.97 Å². The zero-order valence-corrected chi connectivity index (χ0v) is 13.5. The Morgan fingerprint density at radius 2 is 1.84 bits per heavy atom. The monoisotopic (exact) mass is 350 g/mol. The summed E-state index contributed by atoms with van der Waals surface area (Å²) in [7, 11) is 0. The van der Waals surface area contributed by atoms with Crippen molar-refractivity contribution in [3.05, 3.63) is 81.1 Å². The van der Waals surface area contributed by atoms with Crippen molar-refractivity contribution in [2.75, 3.05) is 0 Å². The van der Waals surface area contributed by atoms with E-state index in [1.807, 2.05) is 6.07 Å². The van der Waals surface area contributed by atoms with E-state index in [4.69, 9.17) is 11.6 Å². The van der Waals surface area contributed by atoms with Gasteiger partial charge in [0.25, 0.3) is 5.56 Å². The number of hydrogen-bond acceptors (Lipinski definition) is 3. The van der Waals surface area contributed by atoms with Gasteiger partial charge < -0.3 is 10.1 Å². The number of aromatic nitrogens is 1. The van der Waals surface area contributed by atoms with Crippen LogP contribution in [0.4, 0.5) is 0 Å². The van der Waals surface area contributed by atoms with Gasteiger partial charge in [-0.1, -0.05) is 48.0 Å². The lowest BCUT2D eigenvalue weighted by Gasteiger charge is -2.12. The van der Waals surface area contributed by atoms with Gasteiger partial charge in [-0.15, -0.1) is 0 Å². The summed E-state index contributed by atoms with van der Waals surface area (Å²) in [6.07, 6.45) is 0. The quantitative estimate of drug-likeness (QED) is 0.748. The van der Waals surface area contributed by atoms with Crippen LogP contribution in [0.25, 0.3) is 22.4 Å². The zero-order valence-electron chi connectivity index (χ0n) is 12.8. The average molecular weight is 351 g/mol. The largest absolute Gasteiger partial charge is 0.478 e.